The van der Waals surface area contributed by atoms with Crippen molar-refractivity contribution in [2.45, 2.75) is 0 Å². The molecule has 0 bridgehead atoms. The molecular formula is C46H30N4. The van der Waals surface area contributed by atoms with E-state index in [1.54, 1.807) is 0 Å². The number of fused-ring (bicyclic) bond motifs is 3. The van der Waals surface area contributed by atoms with Gasteiger partial charge in [-0.2, -0.15) is 0 Å². The summed E-state index contributed by atoms with van der Waals surface area (Å²) in [5, 5.41) is 2.18. The smallest absolute Gasteiger partial charge is 0.160 e. The summed E-state index contributed by atoms with van der Waals surface area (Å²) in [6.45, 7) is 0. The summed E-state index contributed by atoms with van der Waals surface area (Å²) in [5.74, 6) is 0.702. The van der Waals surface area contributed by atoms with Crippen LogP contribution in [0, 0.1) is 0 Å². The molecule has 0 amide bonds. The van der Waals surface area contributed by atoms with Crippen molar-refractivity contribution in [3.05, 3.63) is 182 Å². The lowest BCUT2D eigenvalue weighted by atomic mass is 9.96. The monoisotopic (exact) mass is 638 g/mol. The summed E-state index contributed by atoms with van der Waals surface area (Å²) >= 11 is 0. The van der Waals surface area contributed by atoms with Gasteiger partial charge in [0.25, 0.3) is 0 Å². The molecule has 0 atom stereocenters. The van der Waals surface area contributed by atoms with Gasteiger partial charge in [0.2, 0.25) is 0 Å². The first kappa shape index (κ1) is 29.4. The topological polar surface area (TPSA) is 51.6 Å². The fraction of sp³-hybridized carbons (Fsp3) is 0. The summed E-state index contributed by atoms with van der Waals surface area (Å²) in [7, 11) is 0. The fourth-order valence-corrected chi connectivity index (χ4v) is 6.61. The van der Waals surface area contributed by atoms with E-state index in [4.69, 9.17) is 15.0 Å². The van der Waals surface area contributed by atoms with Crippen molar-refractivity contribution < 1.29 is 0 Å². The largest absolute Gasteiger partial charge is 0.254 e. The van der Waals surface area contributed by atoms with Crippen LogP contribution in [-0.2, 0) is 0 Å². The second-order valence-corrected chi connectivity index (χ2v) is 12.3. The molecule has 0 radical (unpaired) electrons. The Morgan fingerprint density at radius 1 is 0.320 bits per heavy atom. The molecule has 50 heavy (non-hydrogen) atoms. The Labute approximate surface area is 290 Å². The van der Waals surface area contributed by atoms with Crippen molar-refractivity contribution in [3.8, 4) is 67.3 Å². The lowest BCUT2D eigenvalue weighted by molar-refractivity contribution is 1.18. The third-order valence-electron chi connectivity index (χ3n) is 9.20. The van der Waals surface area contributed by atoms with Gasteiger partial charge in [0.15, 0.2) is 5.82 Å². The SMILES string of the molecule is c1ccc(-c2nc(-c3ccc(-c4ccc(-c5cnc6c(ccc7cccnc76)c5)cc4)cc3)cc(-c3ccccc3-c3ccccc3)n2)cc1. The normalized spacial score (nSPS) is 11.2. The molecule has 0 fully saturated rings. The van der Waals surface area contributed by atoms with Crippen molar-refractivity contribution >= 4 is 21.8 Å². The third-order valence-corrected chi connectivity index (χ3v) is 9.20. The molecular weight excluding hydrogens is 609 g/mol. The van der Waals surface area contributed by atoms with E-state index in [0.29, 0.717) is 5.82 Å². The number of rotatable bonds is 6. The molecule has 0 spiro atoms. The fourth-order valence-electron chi connectivity index (χ4n) is 6.61. The molecule has 3 aromatic heterocycles. The molecule has 3 heterocycles. The van der Waals surface area contributed by atoms with E-state index < -0.39 is 0 Å². The maximum Gasteiger partial charge on any atom is 0.160 e. The zero-order valence-electron chi connectivity index (χ0n) is 27.1. The summed E-state index contributed by atoms with van der Waals surface area (Å²) in [6, 6.07) is 59.0. The standard InChI is InChI=1S/C46H30N4/c1-3-10-34(11-4-1)40-15-7-8-16-41(40)43-29-42(49-46(50-43)37-12-5-2-6-13-37)35-23-21-32(22-24-35)31-17-19-33(20-18-31)39-28-38-26-25-36-14-9-27-47-44(36)45(38)48-30-39/h1-30H. The van der Waals surface area contributed by atoms with E-state index in [1.807, 2.05) is 42.7 Å². The lowest BCUT2D eigenvalue weighted by Crippen LogP contribution is -1.97. The van der Waals surface area contributed by atoms with Crippen LogP contribution >= 0.6 is 0 Å². The highest BCUT2D eigenvalue weighted by Crippen LogP contribution is 2.35. The van der Waals surface area contributed by atoms with Gasteiger partial charge in [0.05, 0.1) is 22.4 Å². The number of aromatic nitrogens is 4. The van der Waals surface area contributed by atoms with Crippen LogP contribution < -0.4 is 0 Å². The minimum absolute atomic E-state index is 0.702. The second-order valence-electron chi connectivity index (χ2n) is 12.3. The van der Waals surface area contributed by atoms with Gasteiger partial charge in [-0.3, -0.25) is 9.97 Å². The van der Waals surface area contributed by atoms with Gasteiger partial charge in [-0.05, 0) is 46.0 Å². The van der Waals surface area contributed by atoms with Crippen molar-refractivity contribution in [1.82, 2.24) is 19.9 Å². The molecule has 234 valence electrons. The Morgan fingerprint density at radius 3 is 1.60 bits per heavy atom. The average Bonchev–Trinajstić information content (AvgIpc) is 3.21. The van der Waals surface area contributed by atoms with Crippen LogP contribution in [0.4, 0.5) is 0 Å². The van der Waals surface area contributed by atoms with E-state index >= 15 is 0 Å². The van der Waals surface area contributed by atoms with Crippen molar-refractivity contribution in [1.29, 1.82) is 0 Å². The molecule has 0 aliphatic carbocycles. The first-order valence-corrected chi connectivity index (χ1v) is 16.7. The summed E-state index contributed by atoms with van der Waals surface area (Å²) in [6.07, 6.45) is 3.76. The molecule has 9 rings (SSSR count). The summed E-state index contributed by atoms with van der Waals surface area (Å²) < 4.78 is 0. The number of benzene rings is 6. The minimum atomic E-state index is 0.702. The summed E-state index contributed by atoms with van der Waals surface area (Å²) in [4.78, 5) is 19.5. The zero-order valence-corrected chi connectivity index (χ0v) is 27.1. The van der Waals surface area contributed by atoms with Gasteiger partial charge in [-0.15, -0.1) is 0 Å². The highest BCUT2D eigenvalue weighted by Gasteiger charge is 2.14. The van der Waals surface area contributed by atoms with Crippen LogP contribution in [0.25, 0.3) is 89.1 Å². The van der Waals surface area contributed by atoms with E-state index in [1.165, 1.54) is 0 Å². The van der Waals surface area contributed by atoms with E-state index in [-0.39, 0.29) is 0 Å². The molecule has 0 aliphatic rings. The maximum atomic E-state index is 5.10. The minimum Gasteiger partial charge on any atom is -0.254 e. The lowest BCUT2D eigenvalue weighted by Gasteiger charge is -2.13. The zero-order chi connectivity index (χ0) is 33.3. The Hall–Kier alpha value is -6.78. The predicted molar refractivity (Wildman–Crippen MR) is 205 cm³/mol. The second kappa shape index (κ2) is 12.7. The molecule has 4 nitrogen and oxygen atoms in total. The van der Waals surface area contributed by atoms with Crippen LogP contribution in [0.1, 0.15) is 0 Å². The molecule has 0 saturated carbocycles. The van der Waals surface area contributed by atoms with E-state index in [0.717, 1.165) is 83.3 Å². The first-order valence-electron chi connectivity index (χ1n) is 16.7. The highest BCUT2D eigenvalue weighted by atomic mass is 14.9. The van der Waals surface area contributed by atoms with Gasteiger partial charge >= 0.3 is 0 Å². The predicted octanol–water partition coefficient (Wildman–Crippen LogP) is 11.6. The number of hydrogen-bond acceptors (Lipinski definition) is 4. The van der Waals surface area contributed by atoms with Crippen LogP contribution in [0.15, 0.2) is 182 Å². The van der Waals surface area contributed by atoms with Gasteiger partial charge in [-0.1, -0.05) is 152 Å². The van der Waals surface area contributed by atoms with Crippen molar-refractivity contribution in [2.24, 2.45) is 0 Å². The maximum absolute atomic E-state index is 5.10. The van der Waals surface area contributed by atoms with Crippen molar-refractivity contribution in [3.63, 3.8) is 0 Å². The quantitative estimate of drug-likeness (QED) is 0.170. The highest BCUT2D eigenvalue weighted by molar-refractivity contribution is 6.03. The third kappa shape index (κ3) is 5.59. The summed E-state index contributed by atoms with van der Waals surface area (Å²) in [5.41, 5.74) is 13.5. The van der Waals surface area contributed by atoms with Crippen LogP contribution in [0.2, 0.25) is 0 Å². The molecule has 9 aromatic rings. The number of nitrogens with zero attached hydrogens (tertiary/aromatic N) is 4. The van der Waals surface area contributed by atoms with Crippen molar-refractivity contribution in [2.75, 3.05) is 0 Å². The Balaban J connectivity index is 1.04. The molecule has 0 unspecified atom stereocenters. The average molecular weight is 639 g/mol. The van der Waals surface area contributed by atoms with Crippen LogP contribution in [0.3, 0.4) is 0 Å². The molecule has 0 N–H and O–H groups in total. The van der Waals surface area contributed by atoms with E-state index in [9.17, 15) is 0 Å². The Kier molecular flexibility index (Phi) is 7.45. The number of hydrogen-bond donors (Lipinski definition) is 0. The molecule has 4 heteroatoms. The number of pyridine rings is 2. The Bertz CT molecular complexity index is 2620. The molecule has 0 aliphatic heterocycles. The first-order chi connectivity index (χ1) is 24.8. The van der Waals surface area contributed by atoms with Gasteiger partial charge in [-0.25, -0.2) is 9.97 Å². The van der Waals surface area contributed by atoms with Gasteiger partial charge < -0.3 is 0 Å². The van der Waals surface area contributed by atoms with Gasteiger partial charge in [0.1, 0.15) is 0 Å². The van der Waals surface area contributed by atoms with Gasteiger partial charge in [0, 0.05) is 45.4 Å². The Morgan fingerprint density at radius 2 is 0.880 bits per heavy atom. The molecule has 0 saturated heterocycles. The van der Waals surface area contributed by atoms with Crippen LogP contribution in [0.5, 0.6) is 0 Å². The van der Waals surface area contributed by atoms with E-state index in [2.05, 4.69) is 145 Å². The molecule has 6 aromatic carbocycles. The van der Waals surface area contributed by atoms with Crippen LogP contribution in [-0.4, -0.2) is 19.9 Å².